The SMILES string of the molecule is Cc1csc(C(O)(CC(=O)N[C@@H]2CC[C@H](C(=O)O)C2)C(F)(F)F)n1. The smallest absolute Gasteiger partial charge is 0.424 e. The molecule has 0 spiro atoms. The van der Waals surface area contributed by atoms with Gasteiger partial charge in [0.15, 0.2) is 0 Å². The molecular formula is C14H17F3N2O4S. The van der Waals surface area contributed by atoms with Crippen LogP contribution < -0.4 is 5.32 Å². The number of aliphatic hydroxyl groups is 1. The number of thiazole rings is 1. The summed E-state index contributed by atoms with van der Waals surface area (Å²) in [6.45, 7) is 1.49. The summed E-state index contributed by atoms with van der Waals surface area (Å²) < 4.78 is 39.9. The Morgan fingerprint density at radius 2 is 2.08 bits per heavy atom. The standard InChI is InChI=1S/C14H17F3N2O4S/c1-7-6-24-12(18-7)13(23,14(15,16)17)5-10(20)19-9-3-2-8(4-9)11(21)22/h6,8-9,23H,2-5H2,1H3,(H,19,20)(H,21,22)/t8-,9+,13?/m0/s1. The van der Waals surface area contributed by atoms with Gasteiger partial charge in [0.2, 0.25) is 11.5 Å². The van der Waals surface area contributed by atoms with E-state index in [0.29, 0.717) is 29.9 Å². The first kappa shape index (κ1) is 18.7. The number of carbonyl (C=O) groups is 2. The summed E-state index contributed by atoms with van der Waals surface area (Å²) in [6, 6.07) is -0.505. The molecule has 0 bridgehead atoms. The predicted octanol–water partition coefficient (Wildman–Crippen LogP) is 1.96. The number of halogens is 3. The highest BCUT2D eigenvalue weighted by molar-refractivity contribution is 7.09. The van der Waals surface area contributed by atoms with Crippen LogP contribution in [0.3, 0.4) is 0 Å². The van der Waals surface area contributed by atoms with Crippen LogP contribution in [0.15, 0.2) is 5.38 Å². The molecule has 0 aromatic carbocycles. The monoisotopic (exact) mass is 366 g/mol. The Kier molecular flexibility index (Phi) is 5.19. The Labute approximate surface area is 139 Å². The van der Waals surface area contributed by atoms with Crippen molar-refractivity contribution in [3.8, 4) is 0 Å². The molecule has 0 radical (unpaired) electrons. The van der Waals surface area contributed by atoms with Gasteiger partial charge < -0.3 is 15.5 Å². The molecule has 24 heavy (non-hydrogen) atoms. The molecule has 2 rings (SSSR count). The van der Waals surface area contributed by atoms with Gasteiger partial charge in [0.05, 0.1) is 12.3 Å². The lowest BCUT2D eigenvalue weighted by atomic mass is 9.99. The van der Waals surface area contributed by atoms with E-state index in [1.807, 2.05) is 0 Å². The lowest BCUT2D eigenvalue weighted by Crippen LogP contribution is -2.47. The molecule has 1 amide bonds. The van der Waals surface area contributed by atoms with Crippen LogP contribution in [-0.2, 0) is 15.2 Å². The second kappa shape index (κ2) is 6.67. The molecule has 0 aliphatic heterocycles. The molecule has 1 saturated carbocycles. The molecule has 10 heteroatoms. The third-order valence-electron chi connectivity index (χ3n) is 4.01. The Morgan fingerprint density at radius 1 is 1.42 bits per heavy atom. The van der Waals surface area contributed by atoms with E-state index in [2.05, 4.69) is 10.3 Å². The van der Waals surface area contributed by atoms with E-state index in [4.69, 9.17) is 5.11 Å². The van der Waals surface area contributed by atoms with Crippen LogP contribution in [0.4, 0.5) is 13.2 Å². The topological polar surface area (TPSA) is 99.5 Å². The van der Waals surface area contributed by atoms with Crippen LogP contribution in [0, 0.1) is 12.8 Å². The molecule has 1 fully saturated rings. The summed E-state index contributed by atoms with van der Waals surface area (Å²) in [7, 11) is 0. The molecule has 1 aliphatic rings. The van der Waals surface area contributed by atoms with E-state index in [-0.39, 0.29) is 6.42 Å². The summed E-state index contributed by atoms with van der Waals surface area (Å²) in [5.41, 5.74) is -3.04. The number of aliphatic carboxylic acids is 1. The van der Waals surface area contributed by atoms with Crippen LogP contribution in [0.5, 0.6) is 0 Å². The van der Waals surface area contributed by atoms with E-state index in [9.17, 15) is 27.9 Å². The fourth-order valence-electron chi connectivity index (χ4n) is 2.69. The molecule has 6 nitrogen and oxygen atoms in total. The molecule has 0 saturated heterocycles. The van der Waals surface area contributed by atoms with E-state index < -0.39 is 47.0 Å². The molecule has 1 aliphatic carbocycles. The van der Waals surface area contributed by atoms with Gasteiger partial charge in [-0.3, -0.25) is 9.59 Å². The van der Waals surface area contributed by atoms with E-state index in [0.717, 1.165) is 0 Å². The number of amides is 1. The third-order valence-corrected chi connectivity index (χ3v) is 5.12. The summed E-state index contributed by atoms with van der Waals surface area (Å²) >= 11 is 0.634. The van der Waals surface area contributed by atoms with Crippen molar-refractivity contribution in [2.45, 2.75) is 50.4 Å². The van der Waals surface area contributed by atoms with Crippen LogP contribution >= 0.6 is 11.3 Å². The van der Waals surface area contributed by atoms with Crippen LogP contribution in [0.1, 0.15) is 36.4 Å². The number of carboxylic acids is 1. The van der Waals surface area contributed by atoms with Gasteiger partial charge in [-0.05, 0) is 26.2 Å². The second-order valence-corrected chi connectivity index (χ2v) is 6.80. The molecule has 3 N–H and O–H groups in total. The number of aromatic nitrogens is 1. The number of nitrogens with one attached hydrogen (secondary N) is 1. The maximum Gasteiger partial charge on any atom is 0.424 e. The molecule has 134 valence electrons. The lowest BCUT2D eigenvalue weighted by molar-refractivity contribution is -0.267. The maximum atomic E-state index is 13.3. The van der Waals surface area contributed by atoms with Crippen LogP contribution in [0.2, 0.25) is 0 Å². The summed E-state index contributed by atoms with van der Waals surface area (Å²) in [6.07, 6.45) is -5.37. The quantitative estimate of drug-likeness (QED) is 0.740. The van der Waals surface area contributed by atoms with Crippen LogP contribution in [0.25, 0.3) is 0 Å². The zero-order valence-electron chi connectivity index (χ0n) is 12.8. The number of hydrogen-bond acceptors (Lipinski definition) is 5. The second-order valence-electron chi connectivity index (χ2n) is 5.94. The zero-order chi connectivity index (χ0) is 18.1. The van der Waals surface area contributed by atoms with Crippen molar-refractivity contribution in [1.29, 1.82) is 0 Å². The summed E-state index contributed by atoms with van der Waals surface area (Å²) in [5.74, 6) is -2.59. The fraction of sp³-hybridized carbons (Fsp3) is 0.643. The first-order valence-electron chi connectivity index (χ1n) is 7.27. The molecule has 1 aromatic heterocycles. The van der Waals surface area contributed by atoms with Gasteiger partial charge in [-0.2, -0.15) is 13.2 Å². The lowest BCUT2D eigenvalue weighted by Gasteiger charge is -2.28. The average molecular weight is 366 g/mol. The van der Waals surface area contributed by atoms with Crippen molar-refractivity contribution in [1.82, 2.24) is 10.3 Å². The van der Waals surface area contributed by atoms with Gasteiger partial charge in [-0.25, -0.2) is 4.98 Å². The number of hydrogen-bond donors (Lipinski definition) is 3. The fourth-order valence-corrected chi connectivity index (χ4v) is 3.60. The Bertz CT molecular complexity index is 634. The van der Waals surface area contributed by atoms with Gasteiger partial charge in [0.25, 0.3) is 0 Å². The molecule has 3 atom stereocenters. The Balaban J connectivity index is 2.08. The number of carbonyl (C=O) groups excluding carboxylic acids is 1. The Morgan fingerprint density at radius 3 is 2.54 bits per heavy atom. The van der Waals surface area contributed by atoms with Gasteiger partial charge in [-0.15, -0.1) is 11.3 Å². The normalized spacial score (nSPS) is 23.7. The van der Waals surface area contributed by atoms with Crippen molar-refractivity contribution < 1.29 is 33.0 Å². The number of nitrogens with zero attached hydrogens (tertiary/aromatic N) is 1. The minimum absolute atomic E-state index is 0.169. The van der Waals surface area contributed by atoms with E-state index in [1.165, 1.54) is 12.3 Å². The first-order valence-corrected chi connectivity index (χ1v) is 8.15. The predicted molar refractivity (Wildman–Crippen MR) is 78.3 cm³/mol. The largest absolute Gasteiger partial charge is 0.481 e. The number of rotatable bonds is 5. The van der Waals surface area contributed by atoms with Gasteiger partial charge in [0, 0.05) is 17.1 Å². The number of aryl methyl sites for hydroxylation is 1. The molecule has 1 aromatic rings. The van der Waals surface area contributed by atoms with E-state index in [1.54, 1.807) is 0 Å². The first-order chi connectivity index (χ1) is 11.0. The van der Waals surface area contributed by atoms with E-state index >= 15 is 0 Å². The average Bonchev–Trinajstić information content (AvgIpc) is 3.06. The van der Waals surface area contributed by atoms with Crippen molar-refractivity contribution in [2.75, 3.05) is 0 Å². The highest BCUT2D eigenvalue weighted by atomic mass is 32.1. The third kappa shape index (κ3) is 3.86. The number of carboxylic acid groups (broad SMARTS) is 1. The van der Waals surface area contributed by atoms with Gasteiger partial charge >= 0.3 is 12.1 Å². The highest BCUT2D eigenvalue weighted by Crippen LogP contribution is 2.42. The van der Waals surface area contributed by atoms with Gasteiger partial charge in [-0.1, -0.05) is 0 Å². The minimum Gasteiger partial charge on any atom is -0.481 e. The summed E-state index contributed by atoms with van der Waals surface area (Å²) in [5, 5.41) is 22.1. The van der Waals surface area contributed by atoms with Crippen molar-refractivity contribution >= 4 is 23.2 Å². The van der Waals surface area contributed by atoms with Crippen molar-refractivity contribution in [3.05, 3.63) is 16.1 Å². The van der Waals surface area contributed by atoms with Gasteiger partial charge in [0.1, 0.15) is 5.01 Å². The highest BCUT2D eigenvalue weighted by Gasteiger charge is 2.58. The molecule has 1 heterocycles. The van der Waals surface area contributed by atoms with Crippen LogP contribution in [-0.4, -0.2) is 39.3 Å². The zero-order valence-corrected chi connectivity index (χ0v) is 13.6. The molecule has 1 unspecified atom stereocenters. The summed E-state index contributed by atoms with van der Waals surface area (Å²) in [4.78, 5) is 26.5. The molecular weight excluding hydrogens is 349 g/mol. The maximum absolute atomic E-state index is 13.3. The van der Waals surface area contributed by atoms with Crippen molar-refractivity contribution in [3.63, 3.8) is 0 Å². The number of alkyl halides is 3. The Hall–Kier alpha value is -1.68. The van der Waals surface area contributed by atoms with Crippen molar-refractivity contribution in [2.24, 2.45) is 5.92 Å². The minimum atomic E-state index is -5.06.